The van der Waals surface area contributed by atoms with Gasteiger partial charge in [-0.2, -0.15) is 5.10 Å². The topological polar surface area (TPSA) is 54.3 Å². The van der Waals surface area contributed by atoms with Crippen LogP contribution in [0.15, 0.2) is 36.9 Å². The monoisotopic (exact) mass is 353 g/mol. The van der Waals surface area contributed by atoms with Crippen LogP contribution >= 0.6 is 0 Å². The van der Waals surface area contributed by atoms with Gasteiger partial charge < -0.3 is 4.90 Å². The zero-order valence-electron chi connectivity index (χ0n) is 15.5. The molecular formula is C20H27N5O. The van der Waals surface area contributed by atoms with Crippen molar-refractivity contribution in [2.24, 2.45) is 7.05 Å². The van der Waals surface area contributed by atoms with Gasteiger partial charge >= 0.3 is 0 Å². The molecule has 4 rings (SSSR count). The number of nitrogens with zero attached hydrogens (tertiary/aromatic N) is 5. The summed E-state index contributed by atoms with van der Waals surface area (Å²) in [6.45, 7) is 3.76. The van der Waals surface area contributed by atoms with Crippen molar-refractivity contribution < 1.29 is 4.79 Å². The Labute approximate surface area is 154 Å². The lowest BCUT2D eigenvalue weighted by Gasteiger charge is -2.38. The van der Waals surface area contributed by atoms with Crippen molar-refractivity contribution in [2.75, 3.05) is 13.1 Å². The summed E-state index contributed by atoms with van der Waals surface area (Å²) < 4.78 is 1.86. The van der Waals surface area contributed by atoms with Crippen molar-refractivity contribution in [1.29, 1.82) is 0 Å². The van der Waals surface area contributed by atoms with Crippen LogP contribution in [0.3, 0.4) is 0 Å². The van der Waals surface area contributed by atoms with Gasteiger partial charge in [-0.1, -0.05) is 6.07 Å². The van der Waals surface area contributed by atoms with Gasteiger partial charge in [-0.15, -0.1) is 0 Å². The van der Waals surface area contributed by atoms with Crippen LogP contribution in [0.25, 0.3) is 0 Å². The second-order valence-corrected chi connectivity index (χ2v) is 7.72. The second kappa shape index (κ2) is 7.19. The van der Waals surface area contributed by atoms with E-state index in [9.17, 15) is 4.79 Å². The summed E-state index contributed by atoms with van der Waals surface area (Å²) in [6.07, 6.45) is 12.7. The van der Waals surface area contributed by atoms with Gasteiger partial charge in [0.25, 0.3) is 0 Å². The number of aryl methyl sites for hydroxylation is 1. The Morgan fingerprint density at radius 1 is 1.12 bits per heavy atom. The first-order chi connectivity index (χ1) is 12.6. The standard InChI is InChI=1S/C20H27N5O/c1-23-14-18(13-22-23)15-24-10-3-6-20(8-11-24)7-5-19(26)25(20)16-17-4-2-9-21-12-17/h2,4,9,12-14H,3,5-8,10-11,15-16H2,1H3/t20-/m1/s1. The van der Waals surface area contributed by atoms with E-state index in [1.807, 2.05) is 30.2 Å². The van der Waals surface area contributed by atoms with Crippen molar-refractivity contribution in [1.82, 2.24) is 24.6 Å². The van der Waals surface area contributed by atoms with Crippen molar-refractivity contribution in [3.05, 3.63) is 48.0 Å². The number of amides is 1. The molecule has 0 aromatic carbocycles. The summed E-state index contributed by atoms with van der Waals surface area (Å²) in [7, 11) is 1.96. The Morgan fingerprint density at radius 3 is 2.81 bits per heavy atom. The van der Waals surface area contributed by atoms with E-state index < -0.39 is 0 Å². The van der Waals surface area contributed by atoms with Gasteiger partial charge in [0.05, 0.1) is 6.20 Å². The van der Waals surface area contributed by atoms with E-state index in [2.05, 4.69) is 32.1 Å². The van der Waals surface area contributed by atoms with Crippen LogP contribution in [-0.4, -0.2) is 49.1 Å². The maximum atomic E-state index is 12.6. The molecule has 0 bridgehead atoms. The zero-order valence-corrected chi connectivity index (χ0v) is 15.5. The number of carbonyl (C=O) groups excluding carboxylic acids is 1. The molecule has 2 fully saturated rings. The third-order valence-electron chi connectivity index (χ3n) is 5.92. The summed E-state index contributed by atoms with van der Waals surface area (Å²) >= 11 is 0. The highest BCUT2D eigenvalue weighted by Gasteiger charge is 2.45. The number of carbonyl (C=O) groups is 1. The lowest BCUT2D eigenvalue weighted by molar-refractivity contribution is -0.132. The Morgan fingerprint density at radius 2 is 2.04 bits per heavy atom. The van der Waals surface area contributed by atoms with E-state index in [4.69, 9.17) is 0 Å². The van der Waals surface area contributed by atoms with Crippen LogP contribution < -0.4 is 0 Å². The van der Waals surface area contributed by atoms with Crippen LogP contribution in [0, 0.1) is 0 Å². The number of pyridine rings is 1. The SMILES string of the molecule is Cn1cc(CN2CCC[C@@]3(CCC(=O)N3Cc3cccnc3)CC2)cn1. The van der Waals surface area contributed by atoms with Crippen LogP contribution in [-0.2, 0) is 24.9 Å². The zero-order chi connectivity index (χ0) is 18.0. The number of hydrogen-bond donors (Lipinski definition) is 0. The molecule has 0 radical (unpaired) electrons. The van der Waals surface area contributed by atoms with Crippen molar-refractivity contribution in [3.63, 3.8) is 0 Å². The minimum absolute atomic E-state index is 0.0244. The molecule has 0 aliphatic carbocycles. The molecule has 1 atom stereocenters. The molecule has 0 saturated carbocycles. The summed E-state index contributed by atoms with van der Waals surface area (Å²) in [4.78, 5) is 21.5. The Kier molecular flexibility index (Phi) is 4.76. The molecule has 2 aliphatic heterocycles. The fourth-order valence-corrected chi connectivity index (χ4v) is 4.53. The minimum atomic E-state index is 0.0244. The van der Waals surface area contributed by atoms with Gasteiger partial charge in [0.15, 0.2) is 0 Å². The van der Waals surface area contributed by atoms with Crippen molar-refractivity contribution in [2.45, 2.75) is 50.7 Å². The first kappa shape index (κ1) is 17.2. The lowest BCUT2D eigenvalue weighted by Crippen LogP contribution is -2.45. The first-order valence-corrected chi connectivity index (χ1v) is 9.54. The smallest absolute Gasteiger partial charge is 0.223 e. The van der Waals surface area contributed by atoms with Crippen LogP contribution in [0.5, 0.6) is 0 Å². The molecule has 26 heavy (non-hydrogen) atoms. The molecule has 0 unspecified atom stereocenters. The predicted molar refractivity (Wildman–Crippen MR) is 99.1 cm³/mol. The summed E-state index contributed by atoms with van der Waals surface area (Å²) in [5, 5.41) is 4.28. The number of aromatic nitrogens is 3. The normalized spacial score (nSPS) is 24.3. The average molecular weight is 353 g/mol. The molecule has 1 amide bonds. The van der Waals surface area contributed by atoms with Gasteiger partial charge in [0.2, 0.25) is 5.91 Å². The van der Waals surface area contributed by atoms with Crippen molar-refractivity contribution >= 4 is 5.91 Å². The summed E-state index contributed by atoms with van der Waals surface area (Å²) in [6, 6.07) is 4.02. The van der Waals surface area contributed by atoms with E-state index in [1.54, 1.807) is 6.20 Å². The molecule has 2 saturated heterocycles. The Balaban J connectivity index is 1.46. The fourth-order valence-electron chi connectivity index (χ4n) is 4.53. The maximum absolute atomic E-state index is 12.6. The lowest BCUT2D eigenvalue weighted by atomic mass is 9.87. The quantitative estimate of drug-likeness (QED) is 0.847. The van der Waals surface area contributed by atoms with Gasteiger partial charge in [-0.05, 0) is 43.9 Å². The van der Waals surface area contributed by atoms with Crippen molar-refractivity contribution in [3.8, 4) is 0 Å². The number of hydrogen-bond acceptors (Lipinski definition) is 4. The highest BCUT2D eigenvalue weighted by Crippen LogP contribution is 2.40. The summed E-state index contributed by atoms with van der Waals surface area (Å²) in [5.41, 5.74) is 2.41. The predicted octanol–water partition coefficient (Wildman–Crippen LogP) is 2.36. The number of rotatable bonds is 4. The van der Waals surface area contributed by atoms with Gasteiger partial charge in [0.1, 0.15) is 0 Å². The van der Waals surface area contributed by atoms with Crippen LogP contribution in [0.2, 0.25) is 0 Å². The van der Waals surface area contributed by atoms with E-state index >= 15 is 0 Å². The largest absolute Gasteiger partial charge is 0.333 e. The summed E-state index contributed by atoms with van der Waals surface area (Å²) in [5.74, 6) is 0.301. The van der Waals surface area contributed by atoms with Crippen LogP contribution in [0.4, 0.5) is 0 Å². The van der Waals surface area contributed by atoms with Crippen LogP contribution in [0.1, 0.15) is 43.2 Å². The molecule has 2 aromatic rings. The molecule has 2 aliphatic rings. The highest BCUT2D eigenvalue weighted by atomic mass is 16.2. The van der Waals surface area contributed by atoms with Gasteiger partial charge in [0, 0.05) is 62.8 Å². The highest BCUT2D eigenvalue weighted by molar-refractivity contribution is 5.79. The van der Waals surface area contributed by atoms with Gasteiger partial charge in [-0.25, -0.2) is 0 Å². The third-order valence-corrected chi connectivity index (χ3v) is 5.92. The molecule has 4 heterocycles. The Bertz CT molecular complexity index is 759. The number of likely N-dealkylation sites (tertiary alicyclic amines) is 2. The molecule has 0 N–H and O–H groups in total. The molecule has 6 heteroatoms. The van der Waals surface area contributed by atoms with E-state index in [0.29, 0.717) is 18.9 Å². The fraction of sp³-hybridized carbons (Fsp3) is 0.550. The average Bonchev–Trinajstić information content (AvgIpc) is 3.10. The Hall–Kier alpha value is -2.21. The molecule has 138 valence electrons. The molecule has 1 spiro atoms. The molecule has 2 aromatic heterocycles. The third kappa shape index (κ3) is 3.51. The molecular weight excluding hydrogens is 326 g/mol. The molecule has 6 nitrogen and oxygen atoms in total. The van der Waals surface area contributed by atoms with E-state index in [-0.39, 0.29) is 5.54 Å². The first-order valence-electron chi connectivity index (χ1n) is 9.54. The van der Waals surface area contributed by atoms with Gasteiger partial charge in [-0.3, -0.25) is 19.4 Å². The van der Waals surface area contributed by atoms with E-state index in [1.165, 1.54) is 5.56 Å². The second-order valence-electron chi connectivity index (χ2n) is 7.72. The van der Waals surface area contributed by atoms with E-state index in [0.717, 1.165) is 50.9 Å². The minimum Gasteiger partial charge on any atom is -0.333 e. The maximum Gasteiger partial charge on any atom is 0.223 e.